The van der Waals surface area contributed by atoms with Crippen LogP contribution in [0.4, 0.5) is 0 Å². The first-order valence-electron chi connectivity index (χ1n) is 6.19. The molecule has 1 aliphatic carbocycles. The van der Waals surface area contributed by atoms with Crippen molar-refractivity contribution in [3.8, 4) is 0 Å². The summed E-state index contributed by atoms with van der Waals surface area (Å²) in [6.07, 6.45) is 8.55. The molecule has 1 aliphatic heterocycles. The largest absolute Gasteiger partial charge is 0.472 e. The standard InChI is InChI=1S/C13H19NO2/c1-2-12(1)14-9-13(4-6-16-10-13)7-11-3-5-15-8-11/h3,5,8,12,14H,1-2,4,6-7,9-10H2. The van der Waals surface area contributed by atoms with Gasteiger partial charge in [-0.05, 0) is 37.3 Å². The Bertz CT molecular complexity index is 324. The highest BCUT2D eigenvalue weighted by Crippen LogP contribution is 2.33. The van der Waals surface area contributed by atoms with Gasteiger partial charge in [0.2, 0.25) is 0 Å². The molecule has 0 spiro atoms. The van der Waals surface area contributed by atoms with Crippen molar-refractivity contribution in [2.75, 3.05) is 19.8 Å². The van der Waals surface area contributed by atoms with E-state index in [1.165, 1.54) is 18.4 Å². The molecular weight excluding hydrogens is 202 g/mol. The lowest BCUT2D eigenvalue weighted by molar-refractivity contribution is 0.149. The molecule has 2 aliphatic rings. The van der Waals surface area contributed by atoms with Gasteiger partial charge in [0.15, 0.2) is 0 Å². The second kappa shape index (κ2) is 4.22. The summed E-state index contributed by atoms with van der Waals surface area (Å²) in [6, 6.07) is 2.85. The Morgan fingerprint density at radius 1 is 1.44 bits per heavy atom. The van der Waals surface area contributed by atoms with Crippen molar-refractivity contribution < 1.29 is 9.15 Å². The van der Waals surface area contributed by atoms with Crippen molar-refractivity contribution in [3.05, 3.63) is 24.2 Å². The van der Waals surface area contributed by atoms with Gasteiger partial charge in [-0.15, -0.1) is 0 Å². The van der Waals surface area contributed by atoms with E-state index in [1.54, 1.807) is 6.26 Å². The Balaban J connectivity index is 1.63. The Labute approximate surface area is 96.2 Å². The second-order valence-corrected chi connectivity index (χ2v) is 5.27. The Kier molecular flexibility index (Phi) is 2.74. The highest BCUT2D eigenvalue weighted by Gasteiger charge is 2.36. The minimum absolute atomic E-state index is 0.298. The van der Waals surface area contributed by atoms with Crippen molar-refractivity contribution in [3.63, 3.8) is 0 Å². The molecule has 16 heavy (non-hydrogen) atoms. The fourth-order valence-electron chi connectivity index (χ4n) is 2.47. The van der Waals surface area contributed by atoms with E-state index in [1.807, 2.05) is 6.26 Å². The maximum Gasteiger partial charge on any atom is 0.0934 e. The lowest BCUT2D eigenvalue weighted by atomic mass is 9.81. The van der Waals surface area contributed by atoms with Gasteiger partial charge < -0.3 is 14.5 Å². The van der Waals surface area contributed by atoms with E-state index in [-0.39, 0.29) is 0 Å². The molecule has 3 heteroatoms. The van der Waals surface area contributed by atoms with Crippen LogP contribution in [-0.2, 0) is 11.2 Å². The van der Waals surface area contributed by atoms with Crippen LogP contribution in [0.1, 0.15) is 24.8 Å². The first-order valence-corrected chi connectivity index (χ1v) is 6.19. The third-order valence-electron chi connectivity index (χ3n) is 3.69. The quantitative estimate of drug-likeness (QED) is 0.825. The van der Waals surface area contributed by atoms with E-state index < -0.39 is 0 Å². The summed E-state index contributed by atoms with van der Waals surface area (Å²) < 4.78 is 10.7. The molecule has 1 atom stereocenters. The van der Waals surface area contributed by atoms with Gasteiger partial charge in [-0.3, -0.25) is 0 Å². The van der Waals surface area contributed by atoms with Crippen LogP contribution < -0.4 is 5.32 Å². The highest BCUT2D eigenvalue weighted by molar-refractivity contribution is 5.10. The third-order valence-corrected chi connectivity index (χ3v) is 3.69. The maximum atomic E-state index is 5.59. The van der Waals surface area contributed by atoms with Gasteiger partial charge in [-0.2, -0.15) is 0 Å². The van der Waals surface area contributed by atoms with Crippen LogP contribution >= 0.6 is 0 Å². The molecule has 1 saturated carbocycles. The monoisotopic (exact) mass is 221 g/mol. The SMILES string of the molecule is c1cc(CC2(CNC3CC3)CCOC2)co1. The summed E-state index contributed by atoms with van der Waals surface area (Å²) in [4.78, 5) is 0. The van der Waals surface area contributed by atoms with Crippen LogP contribution in [0.25, 0.3) is 0 Å². The molecule has 0 bridgehead atoms. The van der Waals surface area contributed by atoms with Crippen LogP contribution in [0.2, 0.25) is 0 Å². The average Bonchev–Trinajstić information content (AvgIpc) is 2.78. The fourth-order valence-corrected chi connectivity index (χ4v) is 2.47. The van der Waals surface area contributed by atoms with Gasteiger partial charge in [-0.1, -0.05) is 0 Å². The lowest BCUT2D eigenvalue weighted by Crippen LogP contribution is -2.37. The van der Waals surface area contributed by atoms with E-state index >= 15 is 0 Å². The Morgan fingerprint density at radius 3 is 3.00 bits per heavy atom. The zero-order valence-electron chi connectivity index (χ0n) is 9.58. The second-order valence-electron chi connectivity index (χ2n) is 5.27. The zero-order chi connectivity index (χ0) is 10.8. The molecule has 0 radical (unpaired) electrons. The summed E-state index contributed by atoms with van der Waals surface area (Å²) in [6.45, 7) is 2.88. The molecule has 2 fully saturated rings. The van der Waals surface area contributed by atoms with Crippen LogP contribution in [0.3, 0.4) is 0 Å². The Hall–Kier alpha value is -0.800. The predicted octanol–water partition coefficient (Wildman–Crippen LogP) is 1.98. The maximum absolute atomic E-state index is 5.59. The summed E-state index contributed by atoms with van der Waals surface area (Å²) in [5.74, 6) is 0. The third kappa shape index (κ3) is 2.30. The van der Waals surface area contributed by atoms with Crippen molar-refractivity contribution in [2.24, 2.45) is 5.41 Å². The van der Waals surface area contributed by atoms with E-state index in [4.69, 9.17) is 9.15 Å². The van der Waals surface area contributed by atoms with Gasteiger partial charge in [0.05, 0.1) is 19.1 Å². The Morgan fingerprint density at radius 2 is 2.38 bits per heavy atom. The predicted molar refractivity (Wildman–Crippen MR) is 61.3 cm³/mol. The van der Waals surface area contributed by atoms with Crippen molar-refractivity contribution >= 4 is 0 Å². The smallest absolute Gasteiger partial charge is 0.0934 e. The van der Waals surface area contributed by atoms with Gasteiger partial charge >= 0.3 is 0 Å². The normalized spacial score (nSPS) is 29.8. The van der Waals surface area contributed by atoms with Crippen LogP contribution in [0.15, 0.2) is 23.0 Å². The molecule has 1 aromatic rings. The number of hydrogen-bond donors (Lipinski definition) is 1. The van der Waals surface area contributed by atoms with Gasteiger partial charge in [-0.25, -0.2) is 0 Å². The highest BCUT2D eigenvalue weighted by atomic mass is 16.5. The first kappa shape index (κ1) is 10.4. The van der Waals surface area contributed by atoms with Gasteiger partial charge in [0.1, 0.15) is 0 Å². The molecule has 2 heterocycles. The number of hydrogen-bond acceptors (Lipinski definition) is 3. The number of rotatable bonds is 5. The number of furan rings is 1. The molecule has 3 rings (SSSR count). The van der Waals surface area contributed by atoms with Crippen molar-refractivity contribution in [2.45, 2.75) is 31.7 Å². The zero-order valence-corrected chi connectivity index (χ0v) is 9.58. The van der Waals surface area contributed by atoms with E-state index in [0.29, 0.717) is 5.41 Å². The van der Waals surface area contributed by atoms with Crippen LogP contribution in [-0.4, -0.2) is 25.8 Å². The average molecular weight is 221 g/mol. The van der Waals surface area contributed by atoms with Gasteiger partial charge in [0.25, 0.3) is 0 Å². The minimum atomic E-state index is 0.298. The van der Waals surface area contributed by atoms with Crippen molar-refractivity contribution in [1.82, 2.24) is 5.32 Å². The minimum Gasteiger partial charge on any atom is -0.472 e. The molecule has 1 aromatic heterocycles. The molecule has 1 unspecified atom stereocenters. The van der Waals surface area contributed by atoms with E-state index in [2.05, 4.69) is 11.4 Å². The fraction of sp³-hybridized carbons (Fsp3) is 0.692. The summed E-state index contributed by atoms with van der Waals surface area (Å²) in [5.41, 5.74) is 1.59. The molecule has 3 nitrogen and oxygen atoms in total. The molecule has 1 saturated heterocycles. The molecular formula is C13H19NO2. The lowest BCUT2D eigenvalue weighted by Gasteiger charge is -2.27. The molecule has 1 N–H and O–H groups in total. The molecule has 0 amide bonds. The topological polar surface area (TPSA) is 34.4 Å². The first-order chi connectivity index (χ1) is 7.86. The summed E-state index contributed by atoms with van der Waals surface area (Å²) in [7, 11) is 0. The van der Waals surface area contributed by atoms with Gasteiger partial charge in [0, 0.05) is 24.6 Å². The summed E-state index contributed by atoms with van der Waals surface area (Å²) in [5, 5.41) is 3.64. The molecule has 88 valence electrons. The van der Waals surface area contributed by atoms with E-state index in [9.17, 15) is 0 Å². The number of ether oxygens (including phenoxy) is 1. The van der Waals surface area contributed by atoms with E-state index in [0.717, 1.165) is 38.6 Å². The van der Waals surface area contributed by atoms with Crippen molar-refractivity contribution in [1.29, 1.82) is 0 Å². The molecule has 0 aromatic carbocycles. The van der Waals surface area contributed by atoms with Crippen LogP contribution in [0.5, 0.6) is 0 Å². The number of nitrogens with one attached hydrogen (secondary N) is 1. The summed E-state index contributed by atoms with van der Waals surface area (Å²) >= 11 is 0. The van der Waals surface area contributed by atoms with Crippen LogP contribution in [0, 0.1) is 5.41 Å².